The van der Waals surface area contributed by atoms with Crippen LogP contribution < -0.4 is 10.1 Å². The van der Waals surface area contributed by atoms with Crippen molar-refractivity contribution in [3.8, 4) is 5.75 Å². The molecule has 0 bridgehead atoms. The van der Waals surface area contributed by atoms with Crippen molar-refractivity contribution in [2.24, 2.45) is 0 Å². The van der Waals surface area contributed by atoms with Gasteiger partial charge in [-0.3, -0.25) is 4.79 Å². The third-order valence-electron chi connectivity index (χ3n) is 3.15. The first kappa shape index (κ1) is 17.8. The molecular weight excluding hydrogens is 330 g/mol. The number of anilines is 1. The number of rotatable bonds is 6. The molecule has 126 valence electrons. The van der Waals surface area contributed by atoms with Gasteiger partial charge in [-0.15, -0.1) is 0 Å². The van der Waals surface area contributed by atoms with Crippen molar-refractivity contribution in [3.63, 3.8) is 0 Å². The number of hydrogen-bond donors (Lipinski definition) is 1. The lowest BCUT2D eigenvalue weighted by atomic mass is 10.1. The van der Waals surface area contributed by atoms with Crippen LogP contribution in [0.5, 0.6) is 5.75 Å². The highest BCUT2D eigenvalue weighted by Crippen LogP contribution is 2.22. The number of halogens is 1. The van der Waals surface area contributed by atoms with Crippen LogP contribution in [0.25, 0.3) is 0 Å². The predicted octanol–water partition coefficient (Wildman–Crippen LogP) is 4.17. The summed E-state index contributed by atoms with van der Waals surface area (Å²) in [6.07, 6.45) is 0. The first-order valence-electron chi connectivity index (χ1n) is 7.56. The molecule has 0 saturated heterocycles. The fourth-order valence-corrected chi connectivity index (χ4v) is 2.30. The van der Waals surface area contributed by atoms with Crippen molar-refractivity contribution in [2.75, 3.05) is 18.5 Å². The van der Waals surface area contributed by atoms with Crippen LogP contribution >= 0.6 is 11.6 Å². The van der Waals surface area contributed by atoms with E-state index in [9.17, 15) is 9.59 Å². The Morgan fingerprint density at radius 2 is 1.75 bits per heavy atom. The highest BCUT2D eigenvalue weighted by Gasteiger charge is 2.13. The Balaban J connectivity index is 2.08. The Hall–Kier alpha value is -2.53. The molecule has 5 nitrogen and oxygen atoms in total. The molecule has 1 amide bonds. The monoisotopic (exact) mass is 347 g/mol. The Morgan fingerprint density at radius 3 is 2.33 bits per heavy atom. The summed E-state index contributed by atoms with van der Waals surface area (Å²) in [5.41, 5.74) is 1.24. The summed E-state index contributed by atoms with van der Waals surface area (Å²) >= 11 is 6.08. The second kappa shape index (κ2) is 8.36. The first-order valence-corrected chi connectivity index (χ1v) is 7.93. The molecule has 0 spiro atoms. The molecular formula is C18H18ClNO4. The van der Waals surface area contributed by atoms with Gasteiger partial charge in [-0.25, -0.2) is 4.79 Å². The van der Waals surface area contributed by atoms with Gasteiger partial charge in [0.1, 0.15) is 5.75 Å². The highest BCUT2D eigenvalue weighted by molar-refractivity contribution is 6.34. The van der Waals surface area contributed by atoms with E-state index >= 15 is 0 Å². The maximum absolute atomic E-state index is 12.2. The standard InChI is InChI=1S/C18H18ClNO4/c1-3-23-14-8-5-12(6-9-14)17(21)20-13-7-10-15(16(19)11-13)18(22)24-4-2/h5-11H,3-4H2,1-2H3,(H,20,21). The van der Waals surface area contributed by atoms with E-state index in [1.54, 1.807) is 37.3 Å². The van der Waals surface area contributed by atoms with Gasteiger partial charge >= 0.3 is 5.97 Å². The maximum atomic E-state index is 12.2. The summed E-state index contributed by atoms with van der Waals surface area (Å²) < 4.78 is 10.2. The molecule has 0 aliphatic heterocycles. The normalized spacial score (nSPS) is 10.1. The molecule has 0 aliphatic rings. The summed E-state index contributed by atoms with van der Waals surface area (Å²) in [5, 5.41) is 2.95. The van der Waals surface area contributed by atoms with E-state index in [2.05, 4.69) is 5.32 Å². The van der Waals surface area contributed by atoms with Crippen LogP contribution in [0.4, 0.5) is 5.69 Å². The van der Waals surface area contributed by atoms with E-state index < -0.39 is 5.97 Å². The molecule has 6 heteroatoms. The molecule has 2 aromatic carbocycles. The number of carbonyl (C=O) groups excluding carboxylic acids is 2. The van der Waals surface area contributed by atoms with Gasteiger partial charge < -0.3 is 14.8 Å². The number of ether oxygens (including phenoxy) is 2. The average Bonchev–Trinajstić information content (AvgIpc) is 2.56. The van der Waals surface area contributed by atoms with Crippen LogP contribution in [0.3, 0.4) is 0 Å². The van der Waals surface area contributed by atoms with E-state index in [1.165, 1.54) is 12.1 Å². The van der Waals surface area contributed by atoms with Crippen LogP contribution in [-0.2, 0) is 4.74 Å². The zero-order valence-corrected chi connectivity index (χ0v) is 14.2. The summed E-state index contributed by atoms with van der Waals surface area (Å²) in [6.45, 7) is 4.45. The lowest BCUT2D eigenvalue weighted by molar-refractivity contribution is 0.0526. The van der Waals surface area contributed by atoms with Gasteiger partial charge in [0.2, 0.25) is 0 Å². The second-order valence-corrected chi connectivity index (χ2v) is 5.23. The lowest BCUT2D eigenvalue weighted by Gasteiger charge is -2.09. The van der Waals surface area contributed by atoms with Crippen molar-refractivity contribution >= 4 is 29.2 Å². The minimum atomic E-state index is -0.494. The smallest absolute Gasteiger partial charge is 0.339 e. The van der Waals surface area contributed by atoms with Crippen molar-refractivity contribution < 1.29 is 19.1 Å². The summed E-state index contributed by atoms with van der Waals surface area (Å²) in [7, 11) is 0. The van der Waals surface area contributed by atoms with Gasteiger partial charge in [0, 0.05) is 11.3 Å². The molecule has 0 atom stereocenters. The summed E-state index contributed by atoms with van der Waals surface area (Å²) in [5.74, 6) is -0.0687. The molecule has 0 fully saturated rings. The van der Waals surface area contributed by atoms with Crippen molar-refractivity contribution in [1.29, 1.82) is 0 Å². The number of hydrogen-bond acceptors (Lipinski definition) is 4. The largest absolute Gasteiger partial charge is 0.494 e. The molecule has 0 radical (unpaired) electrons. The van der Waals surface area contributed by atoms with Gasteiger partial charge in [0.05, 0.1) is 23.8 Å². The summed E-state index contributed by atoms with van der Waals surface area (Å²) in [6, 6.07) is 11.5. The van der Waals surface area contributed by atoms with Gasteiger partial charge in [-0.05, 0) is 56.3 Å². The van der Waals surface area contributed by atoms with E-state index in [0.29, 0.717) is 23.6 Å². The Morgan fingerprint density at radius 1 is 1.04 bits per heavy atom. The lowest BCUT2D eigenvalue weighted by Crippen LogP contribution is -2.12. The molecule has 24 heavy (non-hydrogen) atoms. The first-order chi connectivity index (χ1) is 11.5. The zero-order valence-electron chi connectivity index (χ0n) is 13.5. The third-order valence-corrected chi connectivity index (χ3v) is 3.46. The molecule has 1 N–H and O–H groups in total. The van der Waals surface area contributed by atoms with Gasteiger partial charge in [0.25, 0.3) is 5.91 Å². The number of carbonyl (C=O) groups is 2. The van der Waals surface area contributed by atoms with Crippen LogP contribution in [0.1, 0.15) is 34.6 Å². The molecule has 2 rings (SSSR count). The van der Waals surface area contributed by atoms with Crippen molar-refractivity contribution in [1.82, 2.24) is 0 Å². The topological polar surface area (TPSA) is 64.6 Å². The Labute approximate surface area is 145 Å². The average molecular weight is 348 g/mol. The van der Waals surface area contributed by atoms with E-state index in [4.69, 9.17) is 21.1 Å². The minimum absolute atomic E-state index is 0.220. The van der Waals surface area contributed by atoms with Gasteiger partial charge in [0.15, 0.2) is 0 Å². The molecule has 2 aromatic rings. The zero-order chi connectivity index (χ0) is 17.5. The fraction of sp³-hybridized carbons (Fsp3) is 0.222. The highest BCUT2D eigenvalue weighted by atomic mass is 35.5. The number of benzene rings is 2. The molecule has 0 heterocycles. The van der Waals surface area contributed by atoms with Crippen LogP contribution in [0.2, 0.25) is 5.02 Å². The van der Waals surface area contributed by atoms with Crippen LogP contribution in [0, 0.1) is 0 Å². The SMILES string of the molecule is CCOC(=O)c1ccc(NC(=O)c2ccc(OCC)cc2)cc1Cl. The van der Waals surface area contributed by atoms with Gasteiger partial charge in [-0.2, -0.15) is 0 Å². The van der Waals surface area contributed by atoms with E-state index in [-0.39, 0.29) is 23.1 Å². The number of nitrogens with one attached hydrogen (secondary N) is 1. The molecule has 0 aromatic heterocycles. The Bertz CT molecular complexity index is 728. The van der Waals surface area contributed by atoms with Gasteiger partial charge in [-0.1, -0.05) is 11.6 Å². The van der Waals surface area contributed by atoms with E-state index in [1.807, 2.05) is 6.92 Å². The number of amides is 1. The molecule has 0 aliphatic carbocycles. The van der Waals surface area contributed by atoms with Crippen molar-refractivity contribution in [2.45, 2.75) is 13.8 Å². The third kappa shape index (κ3) is 4.49. The predicted molar refractivity (Wildman–Crippen MR) is 93.0 cm³/mol. The van der Waals surface area contributed by atoms with Crippen LogP contribution in [-0.4, -0.2) is 25.1 Å². The fourth-order valence-electron chi connectivity index (χ4n) is 2.04. The maximum Gasteiger partial charge on any atom is 0.339 e. The van der Waals surface area contributed by atoms with Crippen molar-refractivity contribution in [3.05, 3.63) is 58.6 Å². The molecule has 0 unspecified atom stereocenters. The summed E-state index contributed by atoms with van der Waals surface area (Å²) in [4.78, 5) is 23.9. The number of esters is 1. The Kier molecular flexibility index (Phi) is 6.21. The molecule has 0 saturated carbocycles. The van der Waals surface area contributed by atoms with E-state index in [0.717, 1.165) is 0 Å². The second-order valence-electron chi connectivity index (χ2n) is 4.83. The quantitative estimate of drug-likeness (QED) is 0.796. The van der Waals surface area contributed by atoms with Crippen LogP contribution in [0.15, 0.2) is 42.5 Å². The minimum Gasteiger partial charge on any atom is -0.494 e.